The van der Waals surface area contributed by atoms with Crippen LogP contribution in [0.3, 0.4) is 0 Å². The fourth-order valence-corrected chi connectivity index (χ4v) is 8.03. The summed E-state index contributed by atoms with van der Waals surface area (Å²) in [6.45, 7) is 9.81. The van der Waals surface area contributed by atoms with E-state index in [1.807, 2.05) is 73.5 Å². The highest BCUT2D eigenvalue weighted by Gasteiger charge is 2.54. The van der Waals surface area contributed by atoms with Crippen LogP contribution in [0.1, 0.15) is 106 Å². The fraction of sp³-hybridized carbons (Fsp3) is 0.409. The van der Waals surface area contributed by atoms with Gasteiger partial charge in [-0.25, -0.2) is 9.97 Å². The van der Waals surface area contributed by atoms with Gasteiger partial charge in [-0.1, -0.05) is 56.9 Å². The smallest absolute Gasteiger partial charge is 0.230 e. The second-order valence-electron chi connectivity index (χ2n) is 15.8. The molecule has 9 nitrogen and oxygen atoms in total. The van der Waals surface area contributed by atoms with Gasteiger partial charge in [-0.2, -0.15) is 0 Å². The Morgan fingerprint density at radius 2 is 1.66 bits per heavy atom. The molecule has 9 heteroatoms. The van der Waals surface area contributed by atoms with Crippen LogP contribution in [0.15, 0.2) is 72.9 Å². The number of fused-ring (bicyclic) bond motifs is 1. The van der Waals surface area contributed by atoms with E-state index in [2.05, 4.69) is 58.8 Å². The Labute approximate surface area is 311 Å². The van der Waals surface area contributed by atoms with Crippen molar-refractivity contribution in [3.63, 3.8) is 0 Å². The summed E-state index contributed by atoms with van der Waals surface area (Å²) in [5.74, 6) is 9.44. The van der Waals surface area contributed by atoms with E-state index in [1.165, 1.54) is 12.8 Å². The number of hydrogen-bond acceptors (Lipinski definition) is 5. The molecule has 2 aliphatic heterocycles. The second kappa shape index (κ2) is 13.9. The van der Waals surface area contributed by atoms with Crippen molar-refractivity contribution >= 4 is 22.8 Å². The molecule has 2 N–H and O–H groups in total. The second-order valence-corrected chi connectivity index (χ2v) is 15.8. The van der Waals surface area contributed by atoms with Crippen LogP contribution in [-0.2, 0) is 9.59 Å². The Hall–Kier alpha value is -5.36. The van der Waals surface area contributed by atoms with Gasteiger partial charge >= 0.3 is 0 Å². The maximum absolute atomic E-state index is 13.6. The molecule has 5 aromatic rings. The molecule has 4 heterocycles. The van der Waals surface area contributed by atoms with E-state index < -0.39 is 0 Å². The minimum Gasteiger partial charge on any atom is -0.497 e. The van der Waals surface area contributed by atoms with Crippen molar-refractivity contribution in [2.75, 3.05) is 20.2 Å². The number of carbonyl (C=O) groups is 2. The normalized spacial score (nSPS) is 20.1. The summed E-state index contributed by atoms with van der Waals surface area (Å²) >= 11 is 0. The lowest BCUT2D eigenvalue weighted by Gasteiger charge is -2.28. The van der Waals surface area contributed by atoms with E-state index in [1.54, 1.807) is 7.11 Å². The fourth-order valence-electron chi connectivity index (χ4n) is 8.03. The predicted molar refractivity (Wildman–Crippen MR) is 206 cm³/mol. The average Bonchev–Trinajstić information content (AvgIpc) is 3.67. The van der Waals surface area contributed by atoms with Gasteiger partial charge in [0.2, 0.25) is 11.8 Å². The summed E-state index contributed by atoms with van der Waals surface area (Å²) in [6.07, 6.45) is 7.04. The molecule has 3 aliphatic rings. The maximum atomic E-state index is 13.6. The van der Waals surface area contributed by atoms with Crippen LogP contribution in [-0.4, -0.2) is 61.7 Å². The number of methoxy groups -OCH3 is 1. The molecular formula is C44H48N6O3. The van der Waals surface area contributed by atoms with E-state index in [9.17, 15) is 9.59 Å². The van der Waals surface area contributed by atoms with Gasteiger partial charge in [0.1, 0.15) is 17.4 Å². The van der Waals surface area contributed by atoms with Gasteiger partial charge in [0.25, 0.3) is 0 Å². The Kier molecular flexibility index (Phi) is 9.10. The minimum absolute atomic E-state index is 0.00870. The monoisotopic (exact) mass is 708 g/mol. The Morgan fingerprint density at radius 3 is 2.42 bits per heavy atom. The SMILES string of the molecule is COc1cccc([C@@H](C)C(=O)N2CCC[C@H]2c2ncc(-c3ccc(C#Cc4ccc5nc([C@@H]6CC7(CC7)CN6C(=O)[C@@H](C)C(C)C)[nH]c5c4)cc3)[nH]2)c1. The van der Waals surface area contributed by atoms with Gasteiger partial charge in [-0.05, 0) is 104 Å². The van der Waals surface area contributed by atoms with Gasteiger partial charge in [0.05, 0.1) is 48.0 Å². The molecule has 2 saturated heterocycles. The van der Waals surface area contributed by atoms with Crippen molar-refractivity contribution in [1.82, 2.24) is 29.7 Å². The summed E-state index contributed by atoms with van der Waals surface area (Å²) in [6, 6.07) is 21.9. The Morgan fingerprint density at radius 1 is 0.887 bits per heavy atom. The zero-order valence-electron chi connectivity index (χ0n) is 31.3. The number of rotatable bonds is 8. The first-order valence-corrected chi connectivity index (χ1v) is 19.0. The lowest BCUT2D eigenvalue weighted by atomic mass is 9.96. The van der Waals surface area contributed by atoms with Crippen molar-refractivity contribution in [2.45, 2.75) is 77.8 Å². The Bertz CT molecular complexity index is 2220. The number of amides is 2. The van der Waals surface area contributed by atoms with Crippen LogP contribution in [0.4, 0.5) is 0 Å². The molecule has 3 aromatic carbocycles. The molecule has 3 fully saturated rings. The number of nitrogens with zero attached hydrogens (tertiary/aromatic N) is 4. The van der Waals surface area contributed by atoms with Crippen molar-refractivity contribution in [1.29, 1.82) is 0 Å². The molecular weight excluding hydrogens is 661 g/mol. The molecule has 0 radical (unpaired) electrons. The molecule has 1 aliphatic carbocycles. The molecule has 8 rings (SSSR count). The number of H-pyrrole nitrogens is 2. The number of nitrogens with one attached hydrogen (secondary N) is 2. The van der Waals surface area contributed by atoms with E-state index in [4.69, 9.17) is 14.7 Å². The standard InChI is InChI=1S/C44H48N6O3/c1-27(2)28(3)42(51)50-26-44(19-20-44)24-39(50)41-46-35-18-15-31(22-36(35)47-41)12-11-30-13-16-32(17-14-30)37-25-45-40(48-37)38-10-7-21-49(38)43(52)29(4)33-8-6-9-34(23-33)53-5/h6,8-9,13-18,22-23,25,27-29,38-39H,7,10,19-21,24,26H2,1-5H3,(H,45,48)(H,46,47)/t28-,29+,38-,39-/m0/s1. The lowest BCUT2D eigenvalue weighted by molar-refractivity contribution is -0.137. The molecule has 1 spiro atoms. The summed E-state index contributed by atoms with van der Waals surface area (Å²) in [7, 11) is 1.64. The summed E-state index contributed by atoms with van der Waals surface area (Å²) < 4.78 is 5.38. The van der Waals surface area contributed by atoms with Crippen LogP contribution in [0.2, 0.25) is 0 Å². The van der Waals surface area contributed by atoms with Crippen molar-refractivity contribution in [3.05, 3.63) is 101 Å². The Balaban J connectivity index is 0.942. The molecule has 4 atom stereocenters. The van der Waals surface area contributed by atoms with Crippen LogP contribution in [0.5, 0.6) is 5.75 Å². The molecule has 53 heavy (non-hydrogen) atoms. The third-order valence-corrected chi connectivity index (χ3v) is 11.9. The highest BCUT2D eigenvalue weighted by Crippen LogP contribution is 2.58. The zero-order valence-corrected chi connectivity index (χ0v) is 31.3. The highest BCUT2D eigenvalue weighted by atomic mass is 16.5. The molecule has 2 amide bonds. The van der Waals surface area contributed by atoms with E-state index in [-0.39, 0.29) is 41.1 Å². The average molecular weight is 709 g/mol. The number of aromatic amines is 2. The first kappa shape index (κ1) is 34.7. The summed E-state index contributed by atoms with van der Waals surface area (Å²) in [5.41, 5.74) is 6.79. The number of carbonyl (C=O) groups excluding carboxylic acids is 2. The quantitative estimate of drug-likeness (QED) is 0.158. The maximum Gasteiger partial charge on any atom is 0.230 e. The summed E-state index contributed by atoms with van der Waals surface area (Å²) in [4.78, 5) is 47.9. The van der Waals surface area contributed by atoms with Gasteiger partial charge in [0, 0.05) is 30.1 Å². The lowest BCUT2D eigenvalue weighted by Crippen LogP contribution is -2.37. The van der Waals surface area contributed by atoms with E-state index >= 15 is 0 Å². The third kappa shape index (κ3) is 6.83. The minimum atomic E-state index is -0.277. The number of imidazole rings is 2. The number of likely N-dealkylation sites (tertiary alicyclic amines) is 2. The largest absolute Gasteiger partial charge is 0.497 e. The van der Waals surface area contributed by atoms with Crippen molar-refractivity contribution < 1.29 is 14.3 Å². The van der Waals surface area contributed by atoms with Crippen LogP contribution < -0.4 is 4.74 Å². The molecule has 1 saturated carbocycles. The van der Waals surface area contributed by atoms with Gasteiger partial charge in [0.15, 0.2) is 0 Å². The summed E-state index contributed by atoms with van der Waals surface area (Å²) in [5, 5.41) is 0. The van der Waals surface area contributed by atoms with Crippen LogP contribution in [0.25, 0.3) is 22.3 Å². The zero-order chi connectivity index (χ0) is 36.9. The molecule has 0 unspecified atom stereocenters. The van der Waals surface area contributed by atoms with Crippen molar-refractivity contribution in [3.8, 4) is 28.8 Å². The van der Waals surface area contributed by atoms with E-state index in [0.29, 0.717) is 12.5 Å². The number of aromatic nitrogens is 4. The van der Waals surface area contributed by atoms with Crippen molar-refractivity contribution in [2.24, 2.45) is 17.3 Å². The predicted octanol–water partition coefficient (Wildman–Crippen LogP) is 8.17. The van der Waals surface area contributed by atoms with E-state index in [0.717, 1.165) is 82.2 Å². The number of benzene rings is 3. The third-order valence-electron chi connectivity index (χ3n) is 11.9. The van der Waals surface area contributed by atoms with Gasteiger partial charge < -0.3 is 24.5 Å². The van der Waals surface area contributed by atoms with Crippen LogP contribution in [0, 0.1) is 29.1 Å². The topological polar surface area (TPSA) is 107 Å². The van der Waals surface area contributed by atoms with Gasteiger partial charge in [-0.3, -0.25) is 9.59 Å². The highest BCUT2D eigenvalue weighted by molar-refractivity contribution is 5.84. The van der Waals surface area contributed by atoms with Crippen LogP contribution >= 0.6 is 0 Å². The van der Waals surface area contributed by atoms with Gasteiger partial charge in [-0.15, -0.1) is 0 Å². The first-order valence-electron chi connectivity index (χ1n) is 19.0. The molecule has 272 valence electrons. The number of ether oxygens (including phenoxy) is 1. The molecule has 0 bridgehead atoms. The number of hydrogen-bond donors (Lipinski definition) is 2. The molecule has 2 aromatic heterocycles. The first-order chi connectivity index (χ1) is 25.6.